The maximum Gasteiger partial charge on any atom is 0.306 e. The Kier molecular flexibility index (Phi) is 4.79. The summed E-state index contributed by atoms with van der Waals surface area (Å²) in [5, 5.41) is 0. The minimum Gasteiger partial charge on any atom is -0.469 e. The largest absolute Gasteiger partial charge is 0.469 e. The van der Waals surface area contributed by atoms with Crippen molar-refractivity contribution in [1.82, 2.24) is 4.89 Å². The number of sulfonamides is 1. The van der Waals surface area contributed by atoms with Crippen molar-refractivity contribution in [2.45, 2.75) is 6.42 Å². The number of rotatable bonds is 5. The molecule has 0 aliphatic heterocycles. The molecule has 0 atom stereocenters. The zero-order valence-electron chi connectivity index (χ0n) is 6.86. The van der Waals surface area contributed by atoms with Crippen molar-refractivity contribution < 1.29 is 22.8 Å². The molecule has 0 spiro atoms. The molecule has 0 heterocycles. The highest BCUT2D eigenvalue weighted by atomic mass is 32.2. The highest BCUT2D eigenvalue weighted by Gasteiger charge is 2.12. The van der Waals surface area contributed by atoms with E-state index in [1.165, 1.54) is 14.2 Å². The highest BCUT2D eigenvalue weighted by Crippen LogP contribution is 1.91. The Morgan fingerprint density at radius 3 is 2.42 bits per heavy atom. The molecule has 7 heteroatoms. The molecular formula is C5H11NO5S. The first-order valence-corrected chi connectivity index (χ1v) is 4.76. The molecule has 0 amide bonds. The summed E-state index contributed by atoms with van der Waals surface area (Å²) in [5.74, 6) is -0.912. The molecule has 0 aliphatic rings. The second kappa shape index (κ2) is 5.07. The zero-order chi connectivity index (χ0) is 9.61. The summed E-state index contributed by atoms with van der Waals surface area (Å²) in [6.45, 7) is 0. The minimum absolute atomic E-state index is 0.185. The van der Waals surface area contributed by atoms with Gasteiger partial charge in [0.05, 0.1) is 26.4 Å². The van der Waals surface area contributed by atoms with E-state index in [1.54, 1.807) is 4.89 Å². The SMILES string of the molecule is CONS(=O)(=O)CCC(=O)OC. The Balaban J connectivity index is 3.84. The molecule has 0 bridgehead atoms. The normalized spacial score (nSPS) is 11.2. The molecule has 0 aromatic carbocycles. The van der Waals surface area contributed by atoms with Gasteiger partial charge in [-0.2, -0.15) is 0 Å². The fraction of sp³-hybridized carbons (Fsp3) is 0.800. The van der Waals surface area contributed by atoms with Crippen molar-refractivity contribution in [3.05, 3.63) is 0 Å². The Labute approximate surface area is 70.9 Å². The highest BCUT2D eigenvalue weighted by molar-refractivity contribution is 7.89. The third kappa shape index (κ3) is 5.05. The lowest BCUT2D eigenvalue weighted by atomic mass is 10.5. The van der Waals surface area contributed by atoms with E-state index in [0.717, 1.165) is 0 Å². The van der Waals surface area contributed by atoms with E-state index in [9.17, 15) is 13.2 Å². The van der Waals surface area contributed by atoms with Gasteiger partial charge in [-0.3, -0.25) is 9.63 Å². The van der Waals surface area contributed by atoms with Gasteiger partial charge in [0.2, 0.25) is 10.0 Å². The third-order valence-electron chi connectivity index (χ3n) is 1.01. The van der Waals surface area contributed by atoms with Crippen molar-refractivity contribution in [3.63, 3.8) is 0 Å². The van der Waals surface area contributed by atoms with Crippen LogP contribution in [0.4, 0.5) is 0 Å². The predicted octanol–water partition coefficient (Wildman–Crippen LogP) is -0.970. The van der Waals surface area contributed by atoms with E-state index < -0.39 is 16.0 Å². The molecule has 0 saturated carbocycles. The fourth-order valence-corrected chi connectivity index (χ4v) is 1.26. The zero-order valence-corrected chi connectivity index (χ0v) is 7.68. The molecule has 0 aliphatic carbocycles. The summed E-state index contributed by atoms with van der Waals surface area (Å²) in [6, 6.07) is 0. The van der Waals surface area contributed by atoms with Gasteiger partial charge in [0.25, 0.3) is 0 Å². The van der Waals surface area contributed by atoms with Crippen molar-refractivity contribution in [3.8, 4) is 0 Å². The van der Waals surface area contributed by atoms with E-state index >= 15 is 0 Å². The van der Waals surface area contributed by atoms with Crippen molar-refractivity contribution in [2.75, 3.05) is 20.0 Å². The van der Waals surface area contributed by atoms with E-state index in [2.05, 4.69) is 9.57 Å². The van der Waals surface area contributed by atoms with Gasteiger partial charge in [-0.25, -0.2) is 8.42 Å². The van der Waals surface area contributed by atoms with Crippen LogP contribution in [0.1, 0.15) is 6.42 Å². The molecule has 0 unspecified atom stereocenters. The summed E-state index contributed by atoms with van der Waals surface area (Å²) >= 11 is 0. The molecular weight excluding hydrogens is 186 g/mol. The summed E-state index contributed by atoms with van der Waals surface area (Å²) in [7, 11) is -1.14. The average molecular weight is 197 g/mol. The summed E-state index contributed by atoms with van der Waals surface area (Å²) in [5.41, 5.74) is 0. The van der Waals surface area contributed by atoms with Gasteiger partial charge in [0.15, 0.2) is 0 Å². The third-order valence-corrected chi connectivity index (χ3v) is 2.18. The van der Waals surface area contributed by atoms with Crippen LogP contribution in [0.2, 0.25) is 0 Å². The lowest BCUT2D eigenvalue weighted by Crippen LogP contribution is -2.26. The molecule has 6 nitrogen and oxygen atoms in total. The number of nitrogens with one attached hydrogen (secondary N) is 1. The molecule has 0 radical (unpaired) electrons. The number of hydrogen-bond donors (Lipinski definition) is 1. The number of carbonyl (C=O) groups is 1. The number of methoxy groups -OCH3 is 1. The molecule has 12 heavy (non-hydrogen) atoms. The van der Waals surface area contributed by atoms with Crippen LogP contribution in [0.15, 0.2) is 0 Å². The number of carbonyl (C=O) groups excluding carboxylic acids is 1. The van der Waals surface area contributed by atoms with Crippen molar-refractivity contribution in [1.29, 1.82) is 0 Å². The molecule has 1 N–H and O–H groups in total. The van der Waals surface area contributed by atoms with Gasteiger partial charge in [-0.15, -0.1) is 0 Å². The Bertz CT molecular complexity index is 234. The maximum atomic E-state index is 10.8. The first-order valence-electron chi connectivity index (χ1n) is 3.11. The van der Waals surface area contributed by atoms with Crippen LogP contribution >= 0.6 is 0 Å². The van der Waals surface area contributed by atoms with Crippen LogP contribution in [0.25, 0.3) is 0 Å². The van der Waals surface area contributed by atoms with Gasteiger partial charge >= 0.3 is 5.97 Å². The van der Waals surface area contributed by atoms with E-state index in [1.807, 2.05) is 0 Å². The quantitative estimate of drug-likeness (QED) is 0.453. The van der Waals surface area contributed by atoms with Gasteiger partial charge in [-0.1, -0.05) is 4.89 Å². The first-order chi connectivity index (χ1) is 5.52. The van der Waals surface area contributed by atoms with Crippen LogP contribution in [-0.2, 0) is 24.4 Å². The number of esters is 1. The molecule has 0 fully saturated rings. The smallest absolute Gasteiger partial charge is 0.306 e. The Hall–Kier alpha value is -0.660. The average Bonchev–Trinajstić information content (AvgIpc) is 2.00. The Morgan fingerprint density at radius 2 is 2.00 bits per heavy atom. The maximum absolute atomic E-state index is 10.8. The molecule has 0 aromatic rings. The first kappa shape index (κ1) is 11.3. The van der Waals surface area contributed by atoms with E-state index in [-0.39, 0.29) is 12.2 Å². The molecule has 0 saturated heterocycles. The van der Waals surface area contributed by atoms with Gasteiger partial charge < -0.3 is 4.74 Å². The summed E-state index contributed by atoms with van der Waals surface area (Å²) in [4.78, 5) is 16.5. The molecule has 0 rings (SSSR count). The minimum atomic E-state index is -3.51. The molecule has 0 aromatic heterocycles. The van der Waals surface area contributed by atoms with Crippen LogP contribution in [0, 0.1) is 0 Å². The van der Waals surface area contributed by atoms with Gasteiger partial charge in [0.1, 0.15) is 0 Å². The van der Waals surface area contributed by atoms with E-state index in [4.69, 9.17) is 0 Å². The van der Waals surface area contributed by atoms with Gasteiger partial charge in [0, 0.05) is 0 Å². The van der Waals surface area contributed by atoms with Gasteiger partial charge in [-0.05, 0) is 0 Å². The Morgan fingerprint density at radius 1 is 1.42 bits per heavy atom. The standard InChI is InChI=1S/C5H11NO5S/c1-10-5(7)3-4-12(8,9)6-11-2/h6H,3-4H2,1-2H3. The van der Waals surface area contributed by atoms with Crippen LogP contribution in [-0.4, -0.2) is 34.4 Å². The number of hydrogen-bond acceptors (Lipinski definition) is 5. The second-order valence-electron chi connectivity index (χ2n) is 1.93. The molecule has 72 valence electrons. The topological polar surface area (TPSA) is 81.7 Å². The van der Waals surface area contributed by atoms with Crippen molar-refractivity contribution >= 4 is 16.0 Å². The fourth-order valence-electron chi connectivity index (χ4n) is 0.488. The lowest BCUT2D eigenvalue weighted by molar-refractivity contribution is -0.140. The monoisotopic (exact) mass is 197 g/mol. The number of ether oxygens (including phenoxy) is 1. The summed E-state index contributed by atoms with van der Waals surface area (Å²) in [6.07, 6.45) is -0.185. The summed E-state index contributed by atoms with van der Waals surface area (Å²) < 4.78 is 25.9. The second-order valence-corrected chi connectivity index (χ2v) is 3.74. The predicted molar refractivity (Wildman–Crippen MR) is 40.6 cm³/mol. The van der Waals surface area contributed by atoms with Crippen LogP contribution in [0.3, 0.4) is 0 Å². The lowest BCUT2D eigenvalue weighted by Gasteiger charge is -2.02. The van der Waals surface area contributed by atoms with Crippen LogP contribution in [0.5, 0.6) is 0 Å². The van der Waals surface area contributed by atoms with E-state index in [0.29, 0.717) is 0 Å². The van der Waals surface area contributed by atoms with Crippen LogP contribution < -0.4 is 4.89 Å². The van der Waals surface area contributed by atoms with Crippen molar-refractivity contribution in [2.24, 2.45) is 0 Å².